The Kier molecular flexibility index (Phi) is 5.53. The number of nitrogens with one attached hydrogen (secondary N) is 4. The van der Waals surface area contributed by atoms with Crippen molar-refractivity contribution in [2.24, 2.45) is 0 Å². The monoisotopic (exact) mass is 405 g/mol. The van der Waals surface area contributed by atoms with Gasteiger partial charge in [-0.25, -0.2) is 9.78 Å². The summed E-state index contributed by atoms with van der Waals surface area (Å²) in [6.45, 7) is 0.495. The molecule has 0 radical (unpaired) electrons. The van der Waals surface area contributed by atoms with Crippen molar-refractivity contribution in [1.82, 2.24) is 15.3 Å². The van der Waals surface area contributed by atoms with Gasteiger partial charge >= 0.3 is 6.03 Å². The van der Waals surface area contributed by atoms with Gasteiger partial charge in [-0.2, -0.15) is 0 Å². The average molecular weight is 405 g/mol. The molecule has 2 heterocycles. The lowest BCUT2D eigenvalue weighted by atomic mass is 10.1. The molecule has 0 saturated carbocycles. The van der Waals surface area contributed by atoms with Crippen LogP contribution in [-0.2, 0) is 6.42 Å². The molecule has 0 atom stereocenters. The largest absolute Gasteiger partial charge is 0.361 e. The fourth-order valence-electron chi connectivity index (χ4n) is 2.96. The minimum Gasteiger partial charge on any atom is -0.361 e. The molecule has 0 fully saturated rings. The van der Waals surface area contributed by atoms with Crippen molar-refractivity contribution in [2.45, 2.75) is 6.42 Å². The number of amides is 3. The van der Waals surface area contributed by atoms with Gasteiger partial charge in [0.2, 0.25) is 0 Å². The number of fused-ring (bicyclic) bond motifs is 1. The third kappa shape index (κ3) is 4.61. The van der Waals surface area contributed by atoms with Crippen LogP contribution in [0.25, 0.3) is 10.9 Å². The highest BCUT2D eigenvalue weighted by atomic mass is 32.1. The maximum absolute atomic E-state index is 12.3. The van der Waals surface area contributed by atoms with Crippen LogP contribution < -0.4 is 16.0 Å². The van der Waals surface area contributed by atoms with Crippen LogP contribution in [0.2, 0.25) is 0 Å². The highest BCUT2D eigenvalue weighted by Crippen LogP contribution is 2.18. The van der Waals surface area contributed by atoms with Crippen LogP contribution in [0.15, 0.2) is 66.2 Å². The van der Waals surface area contributed by atoms with Gasteiger partial charge in [0.05, 0.1) is 0 Å². The molecule has 4 aromatic rings. The quantitative estimate of drug-likeness (QED) is 0.386. The van der Waals surface area contributed by atoms with E-state index in [1.807, 2.05) is 42.6 Å². The van der Waals surface area contributed by atoms with Gasteiger partial charge in [0, 0.05) is 34.7 Å². The number of aromatic amines is 1. The number of urea groups is 1. The van der Waals surface area contributed by atoms with Gasteiger partial charge in [-0.1, -0.05) is 36.4 Å². The fourth-order valence-corrected chi connectivity index (χ4v) is 3.64. The van der Waals surface area contributed by atoms with E-state index in [9.17, 15) is 9.59 Å². The number of nitrogens with zero attached hydrogens (tertiary/aromatic N) is 1. The first-order valence-corrected chi connectivity index (χ1v) is 9.99. The molecule has 0 spiro atoms. The SMILES string of the molecule is O=C(Nc1ccccc1)Nc1nc(C(=O)NCCc2c[nH]c3ccccc23)cs1. The van der Waals surface area contributed by atoms with Gasteiger partial charge < -0.3 is 15.6 Å². The van der Waals surface area contributed by atoms with Gasteiger partial charge in [0.25, 0.3) is 5.91 Å². The summed E-state index contributed by atoms with van der Waals surface area (Å²) in [5.41, 5.74) is 3.19. The van der Waals surface area contributed by atoms with Gasteiger partial charge in [0.15, 0.2) is 5.13 Å². The average Bonchev–Trinajstić information content (AvgIpc) is 3.36. The van der Waals surface area contributed by atoms with E-state index in [4.69, 9.17) is 0 Å². The van der Waals surface area contributed by atoms with Crippen molar-refractivity contribution in [3.05, 3.63) is 77.4 Å². The zero-order valence-electron chi connectivity index (χ0n) is 15.4. The maximum Gasteiger partial charge on any atom is 0.325 e. The van der Waals surface area contributed by atoms with E-state index in [1.54, 1.807) is 17.5 Å². The number of thiazole rings is 1. The van der Waals surface area contributed by atoms with Crippen molar-refractivity contribution < 1.29 is 9.59 Å². The van der Waals surface area contributed by atoms with E-state index in [2.05, 4.69) is 32.0 Å². The van der Waals surface area contributed by atoms with Gasteiger partial charge in [-0.3, -0.25) is 10.1 Å². The predicted molar refractivity (Wildman–Crippen MR) is 116 cm³/mol. The number of para-hydroxylation sites is 2. The summed E-state index contributed by atoms with van der Waals surface area (Å²) < 4.78 is 0. The molecule has 0 aliphatic heterocycles. The summed E-state index contributed by atoms with van der Waals surface area (Å²) in [6, 6.07) is 16.8. The first-order chi connectivity index (χ1) is 14.2. The predicted octanol–water partition coefficient (Wildman–Crippen LogP) is 4.24. The summed E-state index contributed by atoms with van der Waals surface area (Å²) >= 11 is 1.20. The van der Waals surface area contributed by atoms with Crippen molar-refractivity contribution in [3.63, 3.8) is 0 Å². The van der Waals surface area contributed by atoms with E-state index in [0.717, 1.165) is 16.5 Å². The molecular formula is C21H19N5O2S. The molecule has 0 aliphatic carbocycles. The molecule has 7 nitrogen and oxygen atoms in total. The zero-order valence-corrected chi connectivity index (χ0v) is 16.3. The molecular weight excluding hydrogens is 386 g/mol. The van der Waals surface area contributed by atoms with Crippen LogP contribution in [0.5, 0.6) is 0 Å². The lowest BCUT2D eigenvalue weighted by Gasteiger charge is -2.05. The van der Waals surface area contributed by atoms with Gasteiger partial charge in [0.1, 0.15) is 5.69 Å². The second kappa shape index (κ2) is 8.57. The number of carbonyl (C=O) groups excluding carboxylic acids is 2. The Morgan fingerprint density at radius 1 is 1.00 bits per heavy atom. The number of rotatable bonds is 6. The molecule has 3 amide bonds. The van der Waals surface area contributed by atoms with Gasteiger partial charge in [-0.05, 0) is 30.2 Å². The van der Waals surface area contributed by atoms with Crippen molar-refractivity contribution in [1.29, 1.82) is 0 Å². The number of hydrogen-bond acceptors (Lipinski definition) is 4. The van der Waals surface area contributed by atoms with Crippen LogP contribution in [0, 0.1) is 0 Å². The lowest BCUT2D eigenvalue weighted by Crippen LogP contribution is -2.26. The third-order valence-electron chi connectivity index (χ3n) is 4.34. The van der Waals surface area contributed by atoms with Gasteiger partial charge in [-0.15, -0.1) is 11.3 Å². The number of anilines is 2. The first kappa shape index (κ1) is 18.7. The van der Waals surface area contributed by atoms with Crippen LogP contribution in [0.1, 0.15) is 16.1 Å². The summed E-state index contributed by atoms with van der Waals surface area (Å²) in [4.78, 5) is 31.7. The molecule has 146 valence electrons. The molecule has 0 bridgehead atoms. The van der Waals surface area contributed by atoms with Crippen molar-refractivity contribution >= 4 is 45.0 Å². The normalized spacial score (nSPS) is 10.6. The molecule has 2 aromatic heterocycles. The Labute approximate surface area is 171 Å². The minimum absolute atomic E-state index is 0.266. The zero-order chi connectivity index (χ0) is 20.1. The Hall–Kier alpha value is -3.65. The number of carbonyl (C=O) groups is 2. The van der Waals surface area contributed by atoms with E-state index in [-0.39, 0.29) is 11.6 Å². The molecule has 0 aliphatic rings. The maximum atomic E-state index is 12.3. The van der Waals surface area contributed by atoms with E-state index < -0.39 is 6.03 Å². The molecule has 8 heteroatoms. The third-order valence-corrected chi connectivity index (χ3v) is 5.10. The van der Waals surface area contributed by atoms with Crippen LogP contribution >= 0.6 is 11.3 Å². The Bertz CT molecular complexity index is 1140. The van der Waals surface area contributed by atoms with E-state index >= 15 is 0 Å². The molecule has 4 N–H and O–H groups in total. The first-order valence-electron chi connectivity index (χ1n) is 9.11. The van der Waals surface area contributed by atoms with Crippen LogP contribution in [0.4, 0.5) is 15.6 Å². The Balaban J connectivity index is 1.28. The summed E-state index contributed by atoms with van der Waals surface area (Å²) in [6.07, 6.45) is 2.68. The molecule has 0 saturated heterocycles. The van der Waals surface area contributed by atoms with E-state index in [0.29, 0.717) is 23.8 Å². The molecule has 4 rings (SSSR count). The molecule has 2 aromatic carbocycles. The second-order valence-corrected chi connectivity index (χ2v) is 7.21. The van der Waals surface area contributed by atoms with Crippen LogP contribution in [-0.4, -0.2) is 28.5 Å². The van der Waals surface area contributed by atoms with Crippen LogP contribution in [0.3, 0.4) is 0 Å². The van der Waals surface area contributed by atoms with Crippen molar-refractivity contribution in [2.75, 3.05) is 17.2 Å². The Morgan fingerprint density at radius 2 is 1.79 bits per heavy atom. The molecule has 29 heavy (non-hydrogen) atoms. The molecule has 0 unspecified atom stereocenters. The fraction of sp³-hybridized carbons (Fsp3) is 0.0952. The van der Waals surface area contributed by atoms with E-state index in [1.165, 1.54) is 11.3 Å². The second-order valence-electron chi connectivity index (χ2n) is 6.35. The highest BCUT2D eigenvalue weighted by molar-refractivity contribution is 7.14. The highest BCUT2D eigenvalue weighted by Gasteiger charge is 2.12. The summed E-state index contributed by atoms with van der Waals surface area (Å²) in [7, 11) is 0. The lowest BCUT2D eigenvalue weighted by molar-refractivity contribution is 0.0950. The Morgan fingerprint density at radius 3 is 2.66 bits per heavy atom. The minimum atomic E-state index is -0.406. The standard InChI is InChI=1S/C21H19N5O2S/c27-19(22-11-10-14-12-23-17-9-5-4-8-16(14)17)18-13-29-21(25-18)26-20(28)24-15-6-2-1-3-7-15/h1-9,12-13,23H,10-11H2,(H,22,27)(H2,24,25,26,28). The summed E-state index contributed by atoms with van der Waals surface area (Å²) in [5, 5.41) is 11.4. The number of H-pyrrole nitrogens is 1. The number of aromatic nitrogens is 2. The topological polar surface area (TPSA) is 98.9 Å². The number of hydrogen-bond donors (Lipinski definition) is 4. The smallest absolute Gasteiger partial charge is 0.325 e. The van der Waals surface area contributed by atoms with Crippen molar-refractivity contribution in [3.8, 4) is 0 Å². The number of benzene rings is 2. The summed E-state index contributed by atoms with van der Waals surface area (Å²) in [5.74, 6) is -0.266.